The van der Waals surface area contributed by atoms with E-state index in [0.29, 0.717) is 0 Å². The van der Waals surface area contributed by atoms with Gasteiger partial charge in [-0.25, -0.2) is 4.39 Å². The Morgan fingerprint density at radius 3 is 2.77 bits per heavy atom. The maximum Gasteiger partial charge on any atom is 0.191 e. The molecule has 0 atom stereocenters. The van der Waals surface area contributed by atoms with Crippen LogP contribution in [0.2, 0.25) is 0 Å². The molecule has 0 saturated carbocycles. The van der Waals surface area contributed by atoms with Gasteiger partial charge in [0.25, 0.3) is 0 Å². The van der Waals surface area contributed by atoms with Crippen molar-refractivity contribution < 1.29 is 4.39 Å². The van der Waals surface area contributed by atoms with Crippen LogP contribution in [0.5, 0.6) is 0 Å². The molecule has 0 aliphatic carbocycles. The van der Waals surface area contributed by atoms with Crippen LogP contribution in [-0.2, 0) is 13.0 Å². The fraction of sp³-hybridized carbons (Fsp3) is 0.312. The van der Waals surface area contributed by atoms with Gasteiger partial charge in [0.05, 0.1) is 0 Å². The molecular formula is C16H21FIN3S. The van der Waals surface area contributed by atoms with Crippen molar-refractivity contribution in [2.75, 3.05) is 13.6 Å². The summed E-state index contributed by atoms with van der Waals surface area (Å²) in [6.45, 7) is 1.58. The minimum absolute atomic E-state index is 0. The molecule has 2 aromatic rings. The molecule has 1 aromatic heterocycles. The van der Waals surface area contributed by atoms with E-state index in [2.05, 4.69) is 32.5 Å². The first-order chi connectivity index (χ1) is 10.3. The predicted molar refractivity (Wildman–Crippen MR) is 103 cm³/mol. The van der Waals surface area contributed by atoms with E-state index >= 15 is 0 Å². The van der Waals surface area contributed by atoms with E-state index in [0.717, 1.165) is 37.5 Å². The van der Waals surface area contributed by atoms with Gasteiger partial charge < -0.3 is 10.6 Å². The standard InChI is InChI=1S/C16H20FN3S.HI/c1-18-16(20-11-14-7-9-21-12-14)19-8-3-5-13-4-2-6-15(17)10-13;/h2,4,6-7,9-10,12H,3,5,8,11H2,1H3,(H2,18,19,20);1H. The van der Waals surface area contributed by atoms with Crippen LogP contribution in [0.15, 0.2) is 46.1 Å². The average molecular weight is 433 g/mol. The smallest absolute Gasteiger partial charge is 0.191 e. The number of nitrogens with one attached hydrogen (secondary N) is 2. The van der Waals surface area contributed by atoms with E-state index in [1.54, 1.807) is 30.5 Å². The Labute approximate surface area is 152 Å². The molecule has 0 spiro atoms. The number of thiophene rings is 1. The van der Waals surface area contributed by atoms with Crippen molar-refractivity contribution in [2.45, 2.75) is 19.4 Å². The fourth-order valence-corrected chi connectivity index (χ4v) is 2.66. The molecule has 0 aliphatic rings. The third kappa shape index (κ3) is 6.74. The molecule has 0 bridgehead atoms. The SMILES string of the molecule is CN=C(NCCCc1cccc(F)c1)NCc1ccsc1.I. The fourth-order valence-electron chi connectivity index (χ4n) is 1.99. The number of aryl methyl sites for hydroxylation is 1. The molecule has 2 N–H and O–H groups in total. The third-order valence-corrected chi connectivity index (χ3v) is 3.82. The summed E-state index contributed by atoms with van der Waals surface area (Å²) < 4.78 is 13.1. The van der Waals surface area contributed by atoms with Gasteiger partial charge in [-0.15, -0.1) is 24.0 Å². The Balaban J connectivity index is 0.00000242. The molecule has 3 nitrogen and oxygen atoms in total. The highest BCUT2D eigenvalue weighted by Crippen LogP contribution is 2.06. The Morgan fingerprint density at radius 2 is 2.09 bits per heavy atom. The molecule has 22 heavy (non-hydrogen) atoms. The summed E-state index contributed by atoms with van der Waals surface area (Å²) in [5.41, 5.74) is 2.28. The molecule has 0 amide bonds. The topological polar surface area (TPSA) is 36.4 Å². The number of nitrogens with zero attached hydrogens (tertiary/aromatic N) is 1. The van der Waals surface area contributed by atoms with Gasteiger partial charge in [-0.3, -0.25) is 4.99 Å². The molecule has 0 radical (unpaired) electrons. The quantitative estimate of drug-likeness (QED) is 0.315. The van der Waals surface area contributed by atoms with Gasteiger partial charge >= 0.3 is 0 Å². The van der Waals surface area contributed by atoms with Crippen molar-refractivity contribution in [3.8, 4) is 0 Å². The third-order valence-electron chi connectivity index (χ3n) is 3.09. The van der Waals surface area contributed by atoms with E-state index in [9.17, 15) is 4.39 Å². The molecule has 1 heterocycles. The van der Waals surface area contributed by atoms with Gasteiger partial charge in [-0.05, 0) is 52.9 Å². The second-order valence-electron chi connectivity index (χ2n) is 4.72. The molecule has 0 unspecified atom stereocenters. The zero-order chi connectivity index (χ0) is 14.9. The second-order valence-corrected chi connectivity index (χ2v) is 5.50. The largest absolute Gasteiger partial charge is 0.356 e. The normalized spacial score (nSPS) is 10.9. The second kappa shape index (κ2) is 10.6. The number of hydrogen-bond donors (Lipinski definition) is 2. The van der Waals surface area contributed by atoms with Gasteiger partial charge in [0, 0.05) is 20.1 Å². The van der Waals surface area contributed by atoms with Crippen LogP contribution in [0.25, 0.3) is 0 Å². The highest BCUT2D eigenvalue weighted by molar-refractivity contribution is 14.0. The van der Waals surface area contributed by atoms with Gasteiger partial charge in [-0.2, -0.15) is 11.3 Å². The molecular weight excluding hydrogens is 412 g/mol. The van der Waals surface area contributed by atoms with E-state index in [1.807, 2.05) is 6.07 Å². The summed E-state index contributed by atoms with van der Waals surface area (Å²) >= 11 is 1.69. The summed E-state index contributed by atoms with van der Waals surface area (Å²) in [4.78, 5) is 4.18. The highest BCUT2D eigenvalue weighted by atomic mass is 127. The van der Waals surface area contributed by atoms with Crippen LogP contribution in [0.1, 0.15) is 17.5 Å². The van der Waals surface area contributed by atoms with Crippen molar-refractivity contribution in [2.24, 2.45) is 4.99 Å². The minimum atomic E-state index is -0.173. The zero-order valence-corrected chi connectivity index (χ0v) is 15.7. The molecule has 120 valence electrons. The van der Waals surface area contributed by atoms with Crippen LogP contribution in [0.3, 0.4) is 0 Å². The van der Waals surface area contributed by atoms with Crippen LogP contribution in [0, 0.1) is 5.82 Å². The molecule has 0 saturated heterocycles. The van der Waals surface area contributed by atoms with E-state index in [4.69, 9.17) is 0 Å². The Morgan fingerprint density at radius 1 is 1.23 bits per heavy atom. The van der Waals surface area contributed by atoms with Crippen molar-refractivity contribution in [3.05, 3.63) is 58.0 Å². The highest BCUT2D eigenvalue weighted by Gasteiger charge is 1.99. The van der Waals surface area contributed by atoms with E-state index < -0.39 is 0 Å². The summed E-state index contributed by atoms with van der Waals surface area (Å²) in [6, 6.07) is 8.85. The number of aliphatic imine (C=N–C) groups is 1. The Hall–Kier alpha value is -1.15. The zero-order valence-electron chi connectivity index (χ0n) is 12.5. The Kier molecular flexibility index (Phi) is 9.07. The maximum absolute atomic E-state index is 13.1. The lowest BCUT2D eigenvalue weighted by Crippen LogP contribution is -2.37. The van der Waals surface area contributed by atoms with Gasteiger partial charge in [-0.1, -0.05) is 12.1 Å². The van der Waals surface area contributed by atoms with Crippen molar-refractivity contribution in [1.29, 1.82) is 0 Å². The number of guanidine groups is 1. The van der Waals surface area contributed by atoms with E-state index in [-0.39, 0.29) is 29.8 Å². The monoisotopic (exact) mass is 433 g/mol. The summed E-state index contributed by atoms with van der Waals surface area (Å²) in [7, 11) is 1.76. The van der Waals surface area contributed by atoms with E-state index in [1.165, 1.54) is 11.6 Å². The first-order valence-corrected chi connectivity index (χ1v) is 7.92. The number of rotatable bonds is 6. The van der Waals surface area contributed by atoms with Gasteiger partial charge in [0.2, 0.25) is 0 Å². The van der Waals surface area contributed by atoms with Crippen LogP contribution in [-0.4, -0.2) is 19.6 Å². The maximum atomic E-state index is 13.1. The number of hydrogen-bond acceptors (Lipinski definition) is 2. The summed E-state index contributed by atoms with van der Waals surface area (Å²) in [6.07, 6.45) is 1.79. The van der Waals surface area contributed by atoms with Crippen molar-refractivity contribution >= 4 is 41.3 Å². The van der Waals surface area contributed by atoms with Gasteiger partial charge in [0.1, 0.15) is 5.82 Å². The van der Waals surface area contributed by atoms with Crippen molar-refractivity contribution in [3.63, 3.8) is 0 Å². The van der Waals surface area contributed by atoms with Gasteiger partial charge in [0.15, 0.2) is 5.96 Å². The summed E-state index contributed by atoms with van der Waals surface area (Å²) in [5.74, 6) is 0.620. The lowest BCUT2D eigenvalue weighted by atomic mass is 10.1. The lowest BCUT2D eigenvalue weighted by molar-refractivity contribution is 0.624. The first kappa shape index (κ1) is 18.9. The summed E-state index contributed by atoms with van der Waals surface area (Å²) in [5, 5.41) is 10.7. The van der Waals surface area contributed by atoms with Crippen molar-refractivity contribution in [1.82, 2.24) is 10.6 Å². The van der Waals surface area contributed by atoms with Crippen LogP contribution < -0.4 is 10.6 Å². The number of halogens is 2. The molecule has 2 rings (SSSR count). The minimum Gasteiger partial charge on any atom is -0.356 e. The van der Waals surface area contributed by atoms with Crippen LogP contribution >= 0.6 is 35.3 Å². The molecule has 6 heteroatoms. The molecule has 1 aromatic carbocycles. The molecule has 0 aliphatic heterocycles. The van der Waals surface area contributed by atoms with Crippen LogP contribution in [0.4, 0.5) is 4.39 Å². The average Bonchev–Trinajstić information content (AvgIpc) is 3.00. The lowest BCUT2D eigenvalue weighted by Gasteiger charge is -2.11. The Bertz CT molecular complexity index is 573. The molecule has 0 fully saturated rings. The first-order valence-electron chi connectivity index (χ1n) is 6.98. The number of benzene rings is 1. The predicted octanol–water partition coefficient (Wildman–Crippen LogP) is 3.80.